The molecule has 1 atom stereocenters. The van der Waals surface area contributed by atoms with Gasteiger partial charge in [-0.05, 0) is 30.2 Å². The van der Waals surface area contributed by atoms with E-state index >= 15 is 0 Å². The normalized spacial score (nSPS) is 18.7. The van der Waals surface area contributed by atoms with Crippen molar-refractivity contribution >= 4 is 22.4 Å². The minimum atomic E-state index is -4.74. The zero-order valence-corrected chi connectivity index (χ0v) is 14.0. The molecule has 2 aromatic carbocycles. The van der Waals surface area contributed by atoms with Crippen LogP contribution in [0, 0.1) is 15.5 Å². The number of nitro groups is 1. The van der Waals surface area contributed by atoms with E-state index in [9.17, 15) is 28.1 Å². The van der Waals surface area contributed by atoms with E-state index < -0.39 is 34.2 Å². The van der Waals surface area contributed by atoms with Crippen molar-refractivity contribution < 1.29 is 22.9 Å². The second-order valence-corrected chi connectivity index (χ2v) is 6.91. The molecule has 1 amide bonds. The molecule has 26 heavy (non-hydrogen) atoms. The van der Waals surface area contributed by atoms with Crippen LogP contribution in [0.25, 0.3) is 10.8 Å². The first-order chi connectivity index (χ1) is 12.0. The van der Waals surface area contributed by atoms with E-state index in [4.69, 9.17) is 0 Å². The fourth-order valence-corrected chi connectivity index (χ4v) is 3.15. The molecule has 0 bridgehead atoms. The summed E-state index contributed by atoms with van der Waals surface area (Å²) in [4.78, 5) is 22.4. The summed E-state index contributed by atoms with van der Waals surface area (Å²) in [6.07, 6.45) is -4.74. The maximum absolute atomic E-state index is 13.9. The van der Waals surface area contributed by atoms with E-state index in [-0.39, 0.29) is 17.5 Å². The lowest BCUT2D eigenvalue weighted by Gasteiger charge is -2.30. The van der Waals surface area contributed by atoms with Gasteiger partial charge in [-0.2, -0.15) is 13.2 Å². The lowest BCUT2D eigenvalue weighted by atomic mass is 9.93. The van der Waals surface area contributed by atoms with Gasteiger partial charge in [0.25, 0.3) is 5.69 Å². The molecule has 1 saturated heterocycles. The van der Waals surface area contributed by atoms with Crippen LogP contribution >= 0.6 is 0 Å². The Labute approximate surface area is 146 Å². The highest BCUT2D eigenvalue weighted by Gasteiger charge is 2.51. The Kier molecular flexibility index (Phi) is 4.14. The van der Waals surface area contributed by atoms with Gasteiger partial charge in [-0.25, -0.2) is 5.01 Å². The van der Waals surface area contributed by atoms with Crippen LogP contribution in [-0.2, 0) is 4.79 Å². The first-order valence-corrected chi connectivity index (χ1v) is 7.82. The first-order valence-electron chi connectivity index (χ1n) is 7.82. The fraction of sp³-hybridized carbons (Fsp3) is 0.353. The minimum Gasteiger partial charge on any atom is -0.287 e. The van der Waals surface area contributed by atoms with E-state index in [2.05, 4.69) is 5.43 Å². The zero-order chi connectivity index (χ0) is 19.3. The molecule has 1 aliphatic rings. The second kappa shape index (κ2) is 5.94. The Morgan fingerprint density at radius 2 is 1.92 bits per heavy atom. The highest BCUT2D eigenvalue weighted by Crippen LogP contribution is 2.43. The number of nitrogens with one attached hydrogen (secondary N) is 1. The number of halogens is 3. The van der Waals surface area contributed by atoms with Crippen molar-refractivity contribution in [3.8, 4) is 0 Å². The quantitative estimate of drug-likeness (QED) is 0.663. The van der Waals surface area contributed by atoms with Crippen LogP contribution in [0.5, 0.6) is 0 Å². The van der Waals surface area contributed by atoms with E-state index in [0.29, 0.717) is 5.39 Å². The number of carbonyl (C=O) groups excluding carboxylic acids is 1. The monoisotopic (exact) mass is 367 g/mol. The number of carbonyl (C=O) groups is 1. The molecular formula is C17H16F3N3O3. The van der Waals surface area contributed by atoms with Crippen molar-refractivity contribution in [2.45, 2.75) is 26.1 Å². The molecule has 0 aromatic heterocycles. The summed E-state index contributed by atoms with van der Waals surface area (Å²) >= 11 is 0. The van der Waals surface area contributed by atoms with E-state index in [0.717, 1.165) is 11.1 Å². The molecule has 0 radical (unpaired) electrons. The molecule has 1 fully saturated rings. The number of fused-ring (bicyclic) bond motifs is 1. The average Bonchev–Trinajstić information content (AvgIpc) is 2.78. The summed E-state index contributed by atoms with van der Waals surface area (Å²) in [5.74, 6) is -0.526. The lowest BCUT2D eigenvalue weighted by molar-refractivity contribution is -0.384. The van der Waals surface area contributed by atoms with Crippen molar-refractivity contribution in [2.75, 3.05) is 6.54 Å². The lowest BCUT2D eigenvalue weighted by Crippen LogP contribution is -2.43. The zero-order valence-electron chi connectivity index (χ0n) is 14.0. The third-order valence-electron chi connectivity index (χ3n) is 4.43. The standard InChI is InChI=1S/C17H16F3N3O3/c1-16(2)9-22(21-15(16)24)14(17(18,19)20)13-8-11(23(25)26)7-10-5-3-4-6-12(10)13/h3-8,14H,9H2,1-2H3,(H,21,24)/t14-/m0/s1. The Balaban J connectivity index is 2.22. The number of nitrogens with zero attached hydrogens (tertiary/aromatic N) is 2. The van der Waals surface area contributed by atoms with Crippen molar-refractivity contribution in [1.82, 2.24) is 10.4 Å². The van der Waals surface area contributed by atoms with Crippen LogP contribution in [0.3, 0.4) is 0 Å². The molecule has 1 aliphatic heterocycles. The predicted molar refractivity (Wildman–Crippen MR) is 88.0 cm³/mol. The largest absolute Gasteiger partial charge is 0.409 e. The smallest absolute Gasteiger partial charge is 0.287 e. The molecule has 138 valence electrons. The van der Waals surface area contributed by atoms with Crippen LogP contribution < -0.4 is 5.43 Å². The number of nitro benzene ring substituents is 1. The highest BCUT2D eigenvalue weighted by atomic mass is 19.4. The van der Waals surface area contributed by atoms with Crippen molar-refractivity contribution in [1.29, 1.82) is 0 Å². The average molecular weight is 367 g/mol. The molecule has 0 aliphatic carbocycles. The number of rotatable bonds is 3. The number of non-ortho nitro benzene ring substituents is 1. The molecule has 0 spiro atoms. The Morgan fingerprint density at radius 3 is 2.46 bits per heavy atom. The SMILES string of the molecule is CC1(C)CN([C@@H](c2cc([N+](=O)[O-])cc3ccccc23)C(F)(F)F)NC1=O. The molecule has 0 unspecified atom stereocenters. The summed E-state index contributed by atoms with van der Waals surface area (Å²) in [5.41, 5.74) is 0.571. The van der Waals surface area contributed by atoms with Gasteiger partial charge in [-0.3, -0.25) is 20.3 Å². The second-order valence-electron chi connectivity index (χ2n) is 6.91. The molecule has 2 aromatic rings. The van der Waals surface area contributed by atoms with E-state index in [1.807, 2.05) is 0 Å². The molecule has 1 N–H and O–H groups in total. The number of benzene rings is 2. The Morgan fingerprint density at radius 1 is 1.27 bits per heavy atom. The van der Waals surface area contributed by atoms with Crippen LogP contribution in [0.1, 0.15) is 25.5 Å². The summed E-state index contributed by atoms with van der Waals surface area (Å²) < 4.78 is 41.8. The topological polar surface area (TPSA) is 75.5 Å². The number of hydrogen-bond acceptors (Lipinski definition) is 4. The van der Waals surface area contributed by atoms with Gasteiger partial charge in [0.05, 0.1) is 10.3 Å². The van der Waals surface area contributed by atoms with Gasteiger partial charge in [0.15, 0.2) is 6.04 Å². The maximum atomic E-state index is 13.9. The van der Waals surface area contributed by atoms with Gasteiger partial charge >= 0.3 is 6.18 Å². The molecule has 9 heteroatoms. The number of hydrogen-bond donors (Lipinski definition) is 1. The van der Waals surface area contributed by atoms with Gasteiger partial charge in [0, 0.05) is 18.7 Å². The van der Waals surface area contributed by atoms with Gasteiger partial charge in [0.2, 0.25) is 5.91 Å². The predicted octanol–water partition coefficient (Wildman–Crippen LogP) is 3.72. The number of amides is 1. The number of alkyl halides is 3. The van der Waals surface area contributed by atoms with E-state index in [1.165, 1.54) is 18.2 Å². The van der Waals surface area contributed by atoms with Crippen molar-refractivity contribution in [3.05, 3.63) is 52.1 Å². The summed E-state index contributed by atoms with van der Waals surface area (Å²) in [5, 5.41) is 12.6. The summed E-state index contributed by atoms with van der Waals surface area (Å²) in [6.45, 7) is 2.91. The van der Waals surface area contributed by atoms with Gasteiger partial charge in [0.1, 0.15) is 0 Å². The van der Waals surface area contributed by atoms with Gasteiger partial charge in [-0.1, -0.05) is 24.3 Å². The molecular weight excluding hydrogens is 351 g/mol. The first kappa shape index (κ1) is 18.1. The van der Waals surface area contributed by atoms with Gasteiger partial charge in [-0.15, -0.1) is 0 Å². The Hall–Kier alpha value is -2.68. The molecule has 1 heterocycles. The van der Waals surface area contributed by atoms with E-state index in [1.54, 1.807) is 26.0 Å². The van der Waals surface area contributed by atoms with Crippen LogP contribution in [-0.4, -0.2) is 28.6 Å². The molecule has 0 saturated carbocycles. The number of hydrazine groups is 1. The van der Waals surface area contributed by atoms with Crippen molar-refractivity contribution in [2.24, 2.45) is 5.41 Å². The highest BCUT2D eigenvalue weighted by molar-refractivity contribution is 5.89. The third kappa shape index (κ3) is 3.10. The summed E-state index contributed by atoms with van der Waals surface area (Å²) in [7, 11) is 0. The Bertz CT molecular complexity index is 896. The molecule has 3 rings (SSSR count). The van der Waals surface area contributed by atoms with Crippen LogP contribution in [0.4, 0.5) is 18.9 Å². The fourth-order valence-electron chi connectivity index (χ4n) is 3.15. The third-order valence-corrected chi connectivity index (χ3v) is 4.43. The van der Waals surface area contributed by atoms with Crippen molar-refractivity contribution in [3.63, 3.8) is 0 Å². The summed E-state index contributed by atoms with van der Waals surface area (Å²) in [6, 6.07) is 6.13. The van der Waals surface area contributed by atoms with Crippen LogP contribution in [0.2, 0.25) is 0 Å². The van der Waals surface area contributed by atoms with Crippen LogP contribution in [0.15, 0.2) is 36.4 Å². The van der Waals surface area contributed by atoms with Gasteiger partial charge < -0.3 is 0 Å². The molecule has 6 nitrogen and oxygen atoms in total. The maximum Gasteiger partial charge on any atom is 0.409 e. The minimum absolute atomic E-state index is 0.174.